The summed E-state index contributed by atoms with van der Waals surface area (Å²) in [5, 5.41) is 2.59. The number of piperidine rings is 1. The lowest BCUT2D eigenvalue weighted by molar-refractivity contribution is 0.0709. The second kappa shape index (κ2) is 7.59. The first-order valence-corrected chi connectivity index (χ1v) is 10.00. The van der Waals surface area contributed by atoms with Crippen LogP contribution in [0.5, 0.6) is 0 Å². The third-order valence-corrected chi connectivity index (χ3v) is 5.71. The zero-order valence-electron chi connectivity index (χ0n) is 15.7. The molecule has 144 valence electrons. The molecule has 1 fully saturated rings. The van der Waals surface area contributed by atoms with Crippen LogP contribution in [0.2, 0.25) is 0 Å². The number of amides is 1. The number of thiazole rings is 1. The standard InChI is InChI=1S/C19H20N6O2S/c1-11-14(10-21-12(2)22-11)19(27)25-6-3-13(4-7-25)17-23-15(9-16(26)24-17)18-20-5-8-28-18/h5,8-10,13H,3-4,6-7H2,1-2H3,(H,23,24,26). The van der Waals surface area contributed by atoms with Gasteiger partial charge in [-0.1, -0.05) is 0 Å². The van der Waals surface area contributed by atoms with Crippen LogP contribution < -0.4 is 5.56 Å². The highest BCUT2D eigenvalue weighted by atomic mass is 32.1. The summed E-state index contributed by atoms with van der Waals surface area (Å²) in [6, 6.07) is 1.47. The Labute approximate surface area is 165 Å². The van der Waals surface area contributed by atoms with Gasteiger partial charge in [0.2, 0.25) is 0 Å². The minimum atomic E-state index is -0.180. The van der Waals surface area contributed by atoms with E-state index in [2.05, 4.69) is 24.9 Å². The Morgan fingerprint density at radius 1 is 1.21 bits per heavy atom. The van der Waals surface area contributed by atoms with Crippen molar-refractivity contribution in [3.05, 3.63) is 57.1 Å². The molecule has 0 unspecified atom stereocenters. The molecule has 0 radical (unpaired) electrons. The molecule has 0 aliphatic carbocycles. The fourth-order valence-corrected chi connectivity index (χ4v) is 4.05. The average molecular weight is 396 g/mol. The zero-order valence-corrected chi connectivity index (χ0v) is 16.5. The Kier molecular flexibility index (Phi) is 4.99. The van der Waals surface area contributed by atoms with Crippen molar-refractivity contribution < 1.29 is 4.79 Å². The number of carbonyl (C=O) groups excluding carboxylic acids is 1. The van der Waals surface area contributed by atoms with E-state index in [1.807, 2.05) is 17.2 Å². The predicted molar refractivity (Wildman–Crippen MR) is 105 cm³/mol. The van der Waals surface area contributed by atoms with E-state index in [0.29, 0.717) is 41.7 Å². The molecule has 1 aliphatic heterocycles. The zero-order chi connectivity index (χ0) is 19.7. The van der Waals surface area contributed by atoms with Gasteiger partial charge in [0.15, 0.2) is 0 Å². The molecule has 0 aromatic carbocycles. The van der Waals surface area contributed by atoms with Crippen molar-refractivity contribution in [2.24, 2.45) is 0 Å². The molecule has 1 saturated heterocycles. The largest absolute Gasteiger partial charge is 0.338 e. The molecule has 0 atom stereocenters. The van der Waals surface area contributed by atoms with Gasteiger partial charge in [-0.3, -0.25) is 9.59 Å². The number of aromatic nitrogens is 5. The molecule has 4 rings (SSSR count). The molecule has 0 saturated carbocycles. The molecule has 1 N–H and O–H groups in total. The highest BCUT2D eigenvalue weighted by Crippen LogP contribution is 2.27. The number of nitrogens with one attached hydrogen (secondary N) is 1. The van der Waals surface area contributed by atoms with Crippen LogP contribution in [0.25, 0.3) is 10.7 Å². The summed E-state index contributed by atoms with van der Waals surface area (Å²) in [6.07, 6.45) is 4.77. The molecule has 3 aromatic rings. The number of rotatable bonds is 3. The quantitative estimate of drug-likeness (QED) is 0.728. The van der Waals surface area contributed by atoms with Gasteiger partial charge in [0.1, 0.15) is 22.4 Å². The molecule has 1 aliphatic rings. The average Bonchev–Trinajstić information content (AvgIpc) is 3.22. The minimum absolute atomic E-state index is 0.0473. The van der Waals surface area contributed by atoms with E-state index in [0.717, 1.165) is 17.8 Å². The van der Waals surface area contributed by atoms with Crippen LogP contribution in [0.4, 0.5) is 0 Å². The van der Waals surface area contributed by atoms with E-state index in [1.54, 1.807) is 19.3 Å². The first kappa shape index (κ1) is 18.4. The van der Waals surface area contributed by atoms with Crippen LogP contribution in [-0.2, 0) is 0 Å². The number of carbonyl (C=O) groups is 1. The van der Waals surface area contributed by atoms with Crippen molar-refractivity contribution in [3.63, 3.8) is 0 Å². The van der Waals surface area contributed by atoms with E-state index in [9.17, 15) is 9.59 Å². The summed E-state index contributed by atoms with van der Waals surface area (Å²) in [6.45, 7) is 4.83. The Hall–Kier alpha value is -2.94. The maximum atomic E-state index is 12.8. The molecule has 0 spiro atoms. The Morgan fingerprint density at radius 3 is 2.68 bits per heavy atom. The monoisotopic (exact) mass is 396 g/mol. The van der Waals surface area contributed by atoms with Crippen molar-refractivity contribution in [3.8, 4) is 10.7 Å². The summed E-state index contributed by atoms with van der Waals surface area (Å²) in [4.78, 5) is 46.8. The lowest BCUT2D eigenvalue weighted by atomic mass is 9.95. The topological polar surface area (TPSA) is 105 Å². The summed E-state index contributed by atoms with van der Waals surface area (Å²) < 4.78 is 0. The Bertz CT molecular complexity index is 1050. The van der Waals surface area contributed by atoms with Gasteiger partial charge in [-0.05, 0) is 26.7 Å². The van der Waals surface area contributed by atoms with E-state index >= 15 is 0 Å². The number of nitrogens with zero attached hydrogens (tertiary/aromatic N) is 5. The van der Waals surface area contributed by atoms with Gasteiger partial charge in [-0.15, -0.1) is 11.3 Å². The fraction of sp³-hybridized carbons (Fsp3) is 0.368. The molecule has 28 heavy (non-hydrogen) atoms. The van der Waals surface area contributed by atoms with Crippen LogP contribution in [0.15, 0.2) is 28.6 Å². The molecule has 1 amide bonds. The highest BCUT2D eigenvalue weighted by Gasteiger charge is 2.27. The van der Waals surface area contributed by atoms with E-state index in [-0.39, 0.29) is 17.4 Å². The number of hydrogen-bond acceptors (Lipinski definition) is 7. The molecule has 4 heterocycles. The van der Waals surface area contributed by atoms with Gasteiger partial charge < -0.3 is 9.88 Å². The molecule has 8 nitrogen and oxygen atoms in total. The molecule has 3 aromatic heterocycles. The smallest absolute Gasteiger partial charge is 0.257 e. The van der Waals surface area contributed by atoms with Crippen molar-refractivity contribution in [2.75, 3.05) is 13.1 Å². The number of H-pyrrole nitrogens is 1. The number of hydrogen-bond donors (Lipinski definition) is 1. The van der Waals surface area contributed by atoms with E-state index in [1.165, 1.54) is 17.4 Å². The maximum absolute atomic E-state index is 12.8. The summed E-state index contributed by atoms with van der Waals surface area (Å²) in [5.41, 5.74) is 1.66. The van der Waals surface area contributed by atoms with Crippen molar-refractivity contribution in [1.29, 1.82) is 0 Å². The second-order valence-electron chi connectivity index (χ2n) is 6.84. The lowest BCUT2D eigenvalue weighted by Crippen LogP contribution is -2.39. The minimum Gasteiger partial charge on any atom is -0.338 e. The Balaban J connectivity index is 1.48. The van der Waals surface area contributed by atoms with E-state index < -0.39 is 0 Å². The van der Waals surface area contributed by atoms with Gasteiger partial charge in [0.25, 0.3) is 11.5 Å². The van der Waals surface area contributed by atoms with Gasteiger partial charge in [0, 0.05) is 42.8 Å². The van der Waals surface area contributed by atoms with Gasteiger partial charge >= 0.3 is 0 Å². The summed E-state index contributed by atoms with van der Waals surface area (Å²) in [7, 11) is 0. The first-order chi connectivity index (χ1) is 13.5. The maximum Gasteiger partial charge on any atom is 0.257 e. The highest BCUT2D eigenvalue weighted by molar-refractivity contribution is 7.13. The van der Waals surface area contributed by atoms with Crippen LogP contribution in [-0.4, -0.2) is 48.8 Å². The second-order valence-corrected chi connectivity index (χ2v) is 7.73. The van der Waals surface area contributed by atoms with Gasteiger partial charge in [-0.25, -0.2) is 19.9 Å². The van der Waals surface area contributed by atoms with Crippen molar-refractivity contribution in [1.82, 2.24) is 29.8 Å². The van der Waals surface area contributed by atoms with Crippen molar-refractivity contribution in [2.45, 2.75) is 32.6 Å². The summed E-state index contributed by atoms with van der Waals surface area (Å²) in [5.74, 6) is 1.38. The van der Waals surface area contributed by atoms with Crippen LogP contribution in [0.1, 0.15) is 46.5 Å². The molecular weight excluding hydrogens is 376 g/mol. The van der Waals surface area contributed by atoms with E-state index in [4.69, 9.17) is 0 Å². The third kappa shape index (κ3) is 3.70. The van der Waals surface area contributed by atoms with Crippen molar-refractivity contribution >= 4 is 17.2 Å². The number of aromatic amines is 1. The Morgan fingerprint density at radius 2 is 2.00 bits per heavy atom. The normalized spacial score (nSPS) is 15.0. The number of likely N-dealkylation sites (tertiary alicyclic amines) is 1. The predicted octanol–water partition coefficient (Wildman–Crippen LogP) is 2.32. The fourth-order valence-electron chi connectivity index (χ4n) is 3.45. The first-order valence-electron chi connectivity index (χ1n) is 9.12. The van der Waals surface area contributed by atoms with Crippen LogP contribution in [0, 0.1) is 13.8 Å². The van der Waals surface area contributed by atoms with Gasteiger partial charge in [-0.2, -0.15) is 0 Å². The van der Waals surface area contributed by atoms with Gasteiger partial charge in [0.05, 0.1) is 11.3 Å². The molecule has 9 heteroatoms. The summed E-state index contributed by atoms with van der Waals surface area (Å²) >= 11 is 1.45. The van der Waals surface area contributed by atoms with Crippen LogP contribution in [0.3, 0.4) is 0 Å². The van der Waals surface area contributed by atoms with Crippen LogP contribution >= 0.6 is 11.3 Å². The SMILES string of the molecule is Cc1ncc(C(=O)N2CCC(c3nc(-c4nccs4)cc(=O)[nH]3)CC2)c(C)n1. The molecule has 0 bridgehead atoms. The molecular formula is C19H20N6O2S. The third-order valence-electron chi connectivity index (χ3n) is 4.91. The number of aryl methyl sites for hydroxylation is 2. The lowest BCUT2D eigenvalue weighted by Gasteiger charge is -2.31.